The SMILES string of the molecule is CC(=O)O[C@]1(C(C)=O)[C@@](C(C)=O)(C(O)C(C)=O)O[C@H](O[C@H]2O[C@H](CO)[C@@H](O)[C@H](O)[C@H]2O)[C@H](O)[C@]1(OC(C)=O)C(C)=O. The number of esters is 2. The maximum absolute atomic E-state index is 13.5. The van der Waals surface area contributed by atoms with Crippen molar-refractivity contribution < 1.29 is 83.1 Å². The summed E-state index contributed by atoms with van der Waals surface area (Å²) in [7, 11) is 0. The van der Waals surface area contributed by atoms with Crippen molar-refractivity contribution in [1.82, 2.24) is 0 Å². The topological polar surface area (TPSA) is 270 Å². The largest absolute Gasteiger partial charge is 0.443 e. The highest BCUT2D eigenvalue weighted by Crippen LogP contribution is 2.53. The van der Waals surface area contributed by atoms with E-state index in [4.69, 9.17) is 23.7 Å². The molecule has 232 valence electrons. The summed E-state index contributed by atoms with van der Waals surface area (Å²) in [4.78, 5) is 77.6. The number of aliphatic hydroxyl groups is 6. The predicted octanol–water partition coefficient (Wildman–Crippen LogP) is -4.42. The minimum absolute atomic E-state index is 0.642. The van der Waals surface area contributed by atoms with E-state index < -0.39 is 108 Å². The monoisotopic (exact) mass is 594 g/mol. The molecule has 0 aliphatic carbocycles. The number of rotatable bonds is 10. The van der Waals surface area contributed by atoms with E-state index in [1.807, 2.05) is 0 Å². The van der Waals surface area contributed by atoms with Crippen LogP contribution in [-0.4, -0.2) is 138 Å². The number of carbonyl (C=O) groups excluding carboxylic acids is 6. The number of ketones is 4. The molecule has 2 saturated heterocycles. The maximum atomic E-state index is 13.5. The van der Waals surface area contributed by atoms with Crippen LogP contribution in [0.5, 0.6) is 0 Å². The quantitative estimate of drug-likeness (QED) is 0.130. The average Bonchev–Trinajstić information content (AvgIpc) is 2.86. The van der Waals surface area contributed by atoms with E-state index >= 15 is 0 Å². The molecule has 0 aromatic carbocycles. The van der Waals surface area contributed by atoms with Gasteiger partial charge in [0.05, 0.1) is 6.61 Å². The van der Waals surface area contributed by atoms with Gasteiger partial charge >= 0.3 is 11.9 Å². The van der Waals surface area contributed by atoms with Crippen molar-refractivity contribution >= 4 is 35.1 Å². The van der Waals surface area contributed by atoms with Crippen LogP contribution in [0.4, 0.5) is 0 Å². The zero-order valence-corrected chi connectivity index (χ0v) is 23.0. The van der Waals surface area contributed by atoms with Gasteiger partial charge in [-0.05, 0) is 27.7 Å². The lowest BCUT2D eigenvalue weighted by molar-refractivity contribution is -0.410. The Balaban J connectivity index is 3.02. The Kier molecular flexibility index (Phi) is 10.3. The van der Waals surface area contributed by atoms with Crippen molar-refractivity contribution in [3.8, 4) is 0 Å². The van der Waals surface area contributed by atoms with Crippen LogP contribution in [0, 0.1) is 0 Å². The van der Waals surface area contributed by atoms with Crippen LogP contribution < -0.4 is 0 Å². The summed E-state index contributed by atoms with van der Waals surface area (Å²) >= 11 is 0. The summed E-state index contributed by atoms with van der Waals surface area (Å²) < 4.78 is 26.6. The number of hydrogen-bond acceptors (Lipinski definition) is 17. The second-order valence-electron chi connectivity index (χ2n) is 9.79. The molecule has 0 aromatic heterocycles. The van der Waals surface area contributed by atoms with Crippen molar-refractivity contribution in [2.45, 2.75) is 108 Å². The van der Waals surface area contributed by atoms with Crippen molar-refractivity contribution in [3.63, 3.8) is 0 Å². The zero-order valence-electron chi connectivity index (χ0n) is 23.0. The second kappa shape index (κ2) is 12.2. The molecule has 1 unspecified atom stereocenters. The number of ether oxygens (including phenoxy) is 5. The van der Waals surface area contributed by atoms with Gasteiger partial charge in [0, 0.05) is 13.8 Å². The van der Waals surface area contributed by atoms with Gasteiger partial charge in [-0.3, -0.25) is 28.8 Å². The normalized spacial score (nSPS) is 39.8. The number of Topliss-reactive ketones (excluding diaryl/α,β-unsaturated/α-hetero) is 4. The van der Waals surface area contributed by atoms with Crippen LogP contribution in [0.2, 0.25) is 0 Å². The molecule has 2 heterocycles. The molecule has 2 aliphatic heterocycles. The predicted molar refractivity (Wildman–Crippen MR) is 126 cm³/mol. The maximum Gasteiger partial charge on any atom is 0.303 e. The van der Waals surface area contributed by atoms with Crippen molar-refractivity contribution in [2.75, 3.05) is 6.61 Å². The molecule has 2 aliphatic rings. The van der Waals surface area contributed by atoms with Gasteiger partial charge in [-0.2, -0.15) is 0 Å². The number of carbonyl (C=O) groups is 6. The molecule has 0 radical (unpaired) electrons. The molecule has 41 heavy (non-hydrogen) atoms. The van der Waals surface area contributed by atoms with Gasteiger partial charge in [-0.1, -0.05) is 0 Å². The summed E-state index contributed by atoms with van der Waals surface area (Å²) in [6.07, 6.45) is -17.8. The Morgan fingerprint density at radius 3 is 1.68 bits per heavy atom. The van der Waals surface area contributed by atoms with Crippen LogP contribution in [0.15, 0.2) is 0 Å². The third-order valence-corrected chi connectivity index (χ3v) is 7.05. The Hall–Kier alpha value is -2.74. The Bertz CT molecular complexity index is 1070. The van der Waals surface area contributed by atoms with Crippen LogP contribution in [-0.2, 0) is 52.5 Å². The summed E-state index contributed by atoms with van der Waals surface area (Å²) in [5.74, 6) is -8.50. The second-order valence-corrected chi connectivity index (χ2v) is 9.79. The molecule has 0 spiro atoms. The third-order valence-electron chi connectivity index (χ3n) is 7.05. The summed E-state index contributed by atoms with van der Waals surface area (Å²) in [5.41, 5.74) is -10.5. The highest BCUT2D eigenvalue weighted by atomic mass is 16.8. The molecule has 17 heteroatoms. The molecule has 0 saturated carbocycles. The highest BCUT2D eigenvalue weighted by Gasteiger charge is 2.85. The van der Waals surface area contributed by atoms with E-state index in [2.05, 4.69) is 0 Å². The minimum Gasteiger partial charge on any atom is -0.443 e. The van der Waals surface area contributed by atoms with Gasteiger partial charge in [0.25, 0.3) is 5.60 Å². The third kappa shape index (κ3) is 5.21. The summed E-state index contributed by atoms with van der Waals surface area (Å²) in [5, 5.41) is 62.8. The first-order valence-corrected chi connectivity index (χ1v) is 12.2. The van der Waals surface area contributed by atoms with Crippen LogP contribution in [0.1, 0.15) is 41.5 Å². The van der Waals surface area contributed by atoms with E-state index in [-0.39, 0.29) is 0 Å². The van der Waals surface area contributed by atoms with Gasteiger partial charge in [-0.15, -0.1) is 0 Å². The van der Waals surface area contributed by atoms with E-state index in [0.717, 1.165) is 13.8 Å². The van der Waals surface area contributed by atoms with Crippen LogP contribution in [0.25, 0.3) is 0 Å². The molecule has 11 atom stereocenters. The molecule has 0 bridgehead atoms. The minimum atomic E-state index is -3.56. The van der Waals surface area contributed by atoms with E-state index in [0.29, 0.717) is 27.7 Å². The zero-order chi connectivity index (χ0) is 31.8. The smallest absolute Gasteiger partial charge is 0.303 e. The molecule has 2 rings (SSSR count). The first-order chi connectivity index (χ1) is 18.8. The van der Waals surface area contributed by atoms with Crippen molar-refractivity contribution in [2.24, 2.45) is 0 Å². The van der Waals surface area contributed by atoms with Crippen molar-refractivity contribution in [1.29, 1.82) is 0 Å². The fraction of sp³-hybridized carbons (Fsp3) is 0.750. The molecule has 6 N–H and O–H groups in total. The first kappa shape index (κ1) is 34.5. The fourth-order valence-corrected chi connectivity index (χ4v) is 5.34. The van der Waals surface area contributed by atoms with Crippen LogP contribution in [0.3, 0.4) is 0 Å². The first-order valence-electron chi connectivity index (χ1n) is 12.2. The van der Waals surface area contributed by atoms with Gasteiger partial charge < -0.3 is 54.3 Å². The standard InChI is InChI=1S/C24H34O17/c1-8(26)18(35)22(9(2)27)24(11(4)29,40-13(6)31)23(10(3)28,39-12(5)30)19(36)21(41-22)38-20-17(34)16(33)15(32)14(7-25)37-20/h14-21,25,32-36H,7H2,1-6H3/t14-,15-,16+,17-,18?,19+,20-,21+,22-,23-,24-/m1/s1. The summed E-state index contributed by atoms with van der Waals surface area (Å²) in [6, 6.07) is 0. The van der Waals surface area contributed by atoms with E-state index in [1.165, 1.54) is 0 Å². The molecule has 2 fully saturated rings. The Labute approximate surface area is 232 Å². The van der Waals surface area contributed by atoms with Gasteiger partial charge in [-0.25, -0.2) is 0 Å². The molecule has 0 aromatic rings. The lowest BCUT2D eigenvalue weighted by atomic mass is 9.58. The van der Waals surface area contributed by atoms with Gasteiger partial charge in [0.1, 0.15) is 24.4 Å². The molecule has 17 nitrogen and oxygen atoms in total. The van der Waals surface area contributed by atoms with E-state index in [1.54, 1.807) is 0 Å². The van der Waals surface area contributed by atoms with E-state index in [9.17, 15) is 59.4 Å². The number of aliphatic hydroxyl groups excluding tert-OH is 6. The molecule has 0 amide bonds. The summed E-state index contributed by atoms with van der Waals surface area (Å²) in [6.45, 7) is 3.20. The van der Waals surface area contributed by atoms with Gasteiger partial charge in [0.2, 0.25) is 11.2 Å². The highest BCUT2D eigenvalue weighted by molar-refractivity contribution is 6.09. The molecular formula is C24H34O17. The fourth-order valence-electron chi connectivity index (χ4n) is 5.34. The average molecular weight is 595 g/mol. The Morgan fingerprint density at radius 2 is 1.29 bits per heavy atom. The number of hydrogen-bond donors (Lipinski definition) is 6. The Morgan fingerprint density at radius 1 is 0.756 bits per heavy atom. The lowest BCUT2D eigenvalue weighted by Gasteiger charge is -2.60. The van der Waals surface area contributed by atoms with Crippen molar-refractivity contribution in [3.05, 3.63) is 0 Å². The lowest BCUT2D eigenvalue weighted by Crippen LogP contribution is -2.89. The van der Waals surface area contributed by atoms with Gasteiger partial charge in [0.15, 0.2) is 47.9 Å². The van der Waals surface area contributed by atoms with Crippen LogP contribution >= 0.6 is 0 Å². The molecular weight excluding hydrogens is 560 g/mol.